The van der Waals surface area contributed by atoms with Crippen LogP contribution in [-0.2, 0) is 10.0 Å². The van der Waals surface area contributed by atoms with Crippen molar-refractivity contribution in [1.82, 2.24) is 4.31 Å². The first kappa shape index (κ1) is 15.9. The number of nitrogens with two attached hydrogens (primary N) is 1. The zero-order valence-corrected chi connectivity index (χ0v) is 12.7. The van der Waals surface area contributed by atoms with Crippen LogP contribution in [0.2, 0.25) is 0 Å². The van der Waals surface area contributed by atoms with Gasteiger partial charge in [0.25, 0.3) is 5.69 Å². The first-order chi connectivity index (χ1) is 9.84. The summed E-state index contributed by atoms with van der Waals surface area (Å²) in [5.41, 5.74) is 6.21. The highest BCUT2D eigenvalue weighted by Crippen LogP contribution is 2.27. The van der Waals surface area contributed by atoms with E-state index in [2.05, 4.69) is 0 Å². The van der Waals surface area contributed by atoms with Crippen molar-refractivity contribution in [3.05, 3.63) is 33.9 Å². The van der Waals surface area contributed by atoms with Crippen molar-refractivity contribution >= 4 is 15.7 Å². The summed E-state index contributed by atoms with van der Waals surface area (Å²) in [6, 6.07) is 3.87. The Balaban J connectivity index is 2.47. The van der Waals surface area contributed by atoms with E-state index in [0.29, 0.717) is 18.5 Å². The predicted octanol–water partition coefficient (Wildman–Crippen LogP) is 1.75. The van der Waals surface area contributed by atoms with E-state index in [-0.39, 0.29) is 10.6 Å². The average Bonchev–Trinajstić information content (AvgIpc) is 2.63. The quantitative estimate of drug-likeness (QED) is 0.676. The van der Waals surface area contributed by atoms with Gasteiger partial charge in [-0.05, 0) is 25.3 Å². The summed E-state index contributed by atoms with van der Waals surface area (Å²) in [5, 5.41) is 10.9. The first-order valence-corrected chi connectivity index (χ1v) is 8.30. The fraction of sp³-hybridized carbons (Fsp3) is 0.538. The van der Waals surface area contributed by atoms with E-state index in [1.807, 2.05) is 0 Å². The van der Waals surface area contributed by atoms with Crippen LogP contribution < -0.4 is 5.73 Å². The van der Waals surface area contributed by atoms with E-state index < -0.39 is 21.1 Å². The summed E-state index contributed by atoms with van der Waals surface area (Å²) in [6.45, 7) is 1.98. The van der Waals surface area contributed by atoms with Crippen molar-refractivity contribution in [2.24, 2.45) is 5.73 Å². The van der Waals surface area contributed by atoms with Gasteiger partial charge in [0, 0.05) is 18.7 Å². The second-order valence-electron chi connectivity index (χ2n) is 5.24. The molecule has 1 heterocycles. The molecule has 2 N–H and O–H groups in total. The standard InChI is InChI=1S/C13H19N3O4S/c1-10-6-7-11(16(17)18)9-12(10)21(19,20)15-8-4-2-3-5-13(15)14/h6-7,9,13H,2-5,8,14H2,1H3. The number of aryl methyl sites for hydroxylation is 1. The highest BCUT2D eigenvalue weighted by Gasteiger charge is 2.32. The van der Waals surface area contributed by atoms with Gasteiger partial charge in [-0.1, -0.05) is 18.9 Å². The Bertz CT molecular complexity index is 645. The summed E-state index contributed by atoms with van der Waals surface area (Å²) in [7, 11) is -3.82. The molecule has 1 saturated heterocycles. The van der Waals surface area contributed by atoms with Crippen molar-refractivity contribution < 1.29 is 13.3 Å². The number of non-ortho nitro benzene ring substituents is 1. The van der Waals surface area contributed by atoms with Crippen LogP contribution in [0.3, 0.4) is 0 Å². The lowest BCUT2D eigenvalue weighted by molar-refractivity contribution is -0.385. The molecule has 8 heteroatoms. The fourth-order valence-electron chi connectivity index (χ4n) is 2.51. The van der Waals surface area contributed by atoms with Gasteiger partial charge in [0.1, 0.15) is 0 Å². The zero-order valence-electron chi connectivity index (χ0n) is 11.9. The molecule has 116 valence electrons. The van der Waals surface area contributed by atoms with Gasteiger partial charge in [-0.3, -0.25) is 10.1 Å². The van der Waals surface area contributed by atoms with Crippen LogP contribution in [0.5, 0.6) is 0 Å². The maximum atomic E-state index is 12.8. The van der Waals surface area contributed by atoms with Crippen LogP contribution in [0.1, 0.15) is 31.2 Å². The van der Waals surface area contributed by atoms with Crippen LogP contribution in [0.4, 0.5) is 5.69 Å². The van der Waals surface area contributed by atoms with Crippen LogP contribution in [0, 0.1) is 17.0 Å². The van der Waals surface area contributed by atoms with Gasteiger partial charge in [0.15, 0.2) is 0 Å². The number of nitro benzene ring substituents is 1. The minimum absolute atomic E-state index is 0.0333. The Morgan fingerprint density at radius 2 is 2.05 bits per heavy atom. The topological polar surface area (TPSA) is 107 Å². The molecule has 2 rings (SSSR count). The summed E-state index contributed by atoms with van der Waals surface area (Å²) in [5.74, 6) is 0. The third-order valence-corrected chi connectivity index (χ3v) is 5.78. The molecule has 0 saturated carbocycles. The fourth-order valence-corrected chi connectivity index (χ4v) is 4.34. The number of sulfonamides is 1. The van der Waals surface area contributed by atoms with Crippen molar-refractivity contribution in [1.29, 1.82) is 0 Å². The lowest BCUT2D eigenvalue weighted by Crippen LogP contribution is -2.45. The smallest absolute Gasteiger partial charge is 0.270 e. The van der Waals surface area contributed by atoms with Crippen molar-refractivity contribution in [2.75, 3.05) is 6.54 Å². The lowest BCUT2D eigenvalue weighted by Gasteiger charge is -2.26. The Hall–Kier alpha value is -1.51. The second-order valence-corrected chi connectivity index (χ2v) is 7.10. The predicted molar refractivity (Wildman–Crippen MR) is 78.2 cm³/mol. The zero-order chi connectivity index (χ0) is 15.6. The summed E-state index contributed by atoms with van der Waals surface area (Å²) in [4.78, 5) is 10.2. The average molecular weight is 313 g/mol. The minimum atomic E-state index is -3.82. The van der Waals surface area contributed by atoms with Gasteiger partial charge in [-0.2, -0.15) is 4.31 Å². The number of hydrogen-bond donors (Lipinski definition) is 1. The molecule has 0 aromatic heterocycles. The number of nitrogens with zero attached hydrogens (tertiary/aromatic N) is 2. The Morgan fingerprint density at radius 3 is 2.71 bits per heavy atom. The van der Waals surface area contributed by atoms with Crippen molar-refractivity contribution in [3.63, 3.8) is 0 Å². The third-order valence-electron chi connectivity index (χ3n) is 3.72. The van der Waals surface area contributed by atoms with E-state index in [0.717, 1.165) is 25.3 Å². The number of hydrogen-bond acceptors (Lipinski definition) is 5. The molecule has 1 atom stereocenters. The van der Waals surface area contributed by atoms with Gasteiger partial charge in [0.05, 0.1) is 16.0 Å². The third kappa shape index (κ3) is 3.22. The van der Waals surface area contributed by atoms with Crippen LogP contribution in [0.25, 0.3) is 0 Å². The molecule has 1 aromatic rings. The van der Waals surface area contributed by atoms with Gasteiger partial charge < -0.3 is 5.73 Å². The van der Waals surface area contributed by atoms with Gasteiger partial charge in [-0.15, -0.1) is 0 Å². The summed E-state index contributed by atoms with van der Waals surface area (Å²) >= 11 is 0. The molecule has 1 fully saturated rings. The molecule has 0 radical (unpaired) electrons. The van der Waals surface area contributed by atoms with Crippen LogP contribution >= 0.6 is 0 Å². The molecule has 0 bridgehead atoms. The maximum absolute atomic E-state index is 12.8. The van der Waals surface area contributed by atoms with E-state index in [9.17, 15) is 18.5 Å². The SMILES string of the molecule is Cc1ccc([N+](=O)[O-])cc1S(=O)(=O)N1CCCCCC1N. The van der Waals surface area contributed by atoms with E-state index >= 15 is 0 Å². The molecular weight excluding hydrogens is 294 g/mol. The van der Waals surface area contributed by atoms with E-state index in [1.165, 1.54) is 16.4 Å². The molecule has 1 aliphatic heterocycles. The largest absolute Gasteiger partial charge is 0.315 e. The van der Waals surface area contributed by atoms with Crippen LogP contribution in [0.15, 0.2) is 23.1 Å². The molecule has 21 heavy (non-hydrogen) atoms. The molecule has 7 nitrogen and oxygen atoms in total. The summed E-state index contributed by atoms with van der Waals surface area (Å²) < 4.78 is 26.8. The number of benzene rings is 1. The number of nitro groups is 1. The van der Waals surface area contributed by atoms with E-state index in [4.69, 9.17) is 5.73 Å². The van der Waals surface area contributed by atoms with Crippen LogP contribution in [-0.4, -0.2) is 30.4 Å². The van der Waals surface area contributed by atoms with Gasteiger partial charge >= 0.3 is 0 Å². The molecule has 1 unspecified atom stereocenters. The maximum Gasteiger partial charge on any atom is 0.270 e. The highest BCUT2D eigenvalue weighted by molar-refractivity contribution is 7.89. The number of rotatable bonds is 3. The lowest BCUT2D eigenvalue weighted by atomic mass is 10.2. The van der Waals surface area contributed by atoms with E-state index in [1.54, 1.807) is 6.92 Å². The Labute approximate surface area is 123 Å². The highest BCUT2D eigenvalue weighted by atomic mass is 32.2. The van der Waals surface area contributed by atoms with Crippen molar-refractivity contribution in [2.45, 2.75) is 43.7 Å². The minimum Gasteiger partial charge on any atom is -0.315 e. The monoisotopic (exact) mass is 313 g/mol. The molecule has 1 aromatic carbocycles. The second kappa shape index (κ2) is 6.08. The molecule has 0 aliphatic carbocycles. The molecular formula is C13H19N3O4S. The molecule has 0 spiro atoms. The Kier molecular flexibility index (Phi) is 4.60. The Morgan fingerprint density at radius 1 is 1.33 bits per heavy atom. The molecule has 1 aliphatic rings. The van der Waals surface area contributed by atoms with Gasteiger partial charge in [0.2, 0.25) is 10.0 Å². The normalized spacial score (nSPS) is 21.0. The van der Waals surface area contributed by atoms with Gasteiger partial charge in [-0.25, -0.2) is 8.42 Å². The van der Waals surface area contributed by atoms with Crippen molar-refractivity contribution in [3.8, 4) is 0 Å². The first-order valence-electron chi connectivity index (χ1n) is 6.86. The molecule has 0 amide bonds. The summed E-state index contributed by atoms with van der Waals surface area (Å²) in [6.07, 6.45) is 2.61.